The number of thiophene rings is 1. The van der Waals surface area contributed by atoms with Gasteiger partial charge in [0.2, 0.25) is 0 Å². The fourth-order valence-electron chi connectivity index (χ4n) is 2.22. The molecule has 0 spiro atoms. The molecule has 1 unspecified atom stereocenters. The minimum atomic E-state index is -3.25. The molecule has 1 aliphatic heterocycles. The third-order valence-corrected chi connectivity index (χ3v) is 7.04. The van der Waals surface area contributed by atoms with E-state index in [1.165, 1.54) is 11.3 Å². The van der Waals surface area contributed by atoms with Gasteiger partial charge in [-0.1, -0.05) is 13.3 Å². The van der Waals surface area contributed by atoms with Crippen LogP contribution in [0.2, 0.25) is 0 Å². The molecule has 1 saturated heterocycles. The summed E-state index contributed by atoms with van der Waals surface area (Å²) >= 11 is 4.59. The van der Waals surface area contributed by atoms with E-state index in [0.29, 0.717) is 23.2 Å². The lowest BCUT2D eigenvalue weighted by atomic mass is 10.0. The third kappa shape index (κ3) is 2.92. The predicted octanol–water partition coefficient (Wildman–Crippen LogP) is 3.32. The lowest BCUT2D eigenvalue weighted by Crippen LogP contribution is -2.28. The molecule has 17 heavy (non-hydrogen) atoms. The van der Waals surface area contributed by atoms with E-state index < -0.39 is 10.0 Å². The smallest absolute Gasteiger partial charge is 0.206 e. The van der Waals surface area contributed by atoms with Gasteiger partial charge in [0.15, 0.2) is 0 Å². The Morgan fingerprint density at radius 3 is 2.88 bits per heavy atom. The van der Waals surface area contributed by atoms with Crippen LogP contribution in [0.1, 0.15) is 26.2 Å². The maximum Gasteiger partial charge on any atom is 0.252 e. The second-order valence-corrected chi connectivity index (χ2v) is 8.99. The molecule has 0 aromatic carbocycles. The van der Waals surface area contributed by atoms with Crippen molar-refractivity contribution >= 4 is 37.3 Å². The summed E-state index contributed by atoms with van der Waals surface area (Å²) in [7, 11) is -3.25. The van der Waals surface area contributed by atoms with Crippen molar-refractivity contribution in [3.63, 3.8) is 0 Å². The van der Waals surface area contributed by atoms with Crippen LogP contribution in [-0.4, -0.2) is 25.8 Å². The quantitative estimate of drug-likeness (QED) is 0.845. The first kappa shape index (κ1) is 13.5. The molecule has 1 aromatic rings. The molecule has 6 heteroatoms. The topological polar surface area (TPSA) is 37.4 Å². The van der Waals surface area contributed by atoms with Gasteiger partial charge >= 0.3 is 0 Å². The molecular weight excluding hydrogens is 322 g/mol. The highest BCUT2D eigenvalue weighted by Crippen LogP contribution is 2.32. The Hall–Kier alpha value is 0.0900. The standard InChI is InChI=1S/C11H16BrNO2S2/c1-2-3-9-6-7-13(8-9)17(14,15)11-5-4-10(12)16-11/h4-5,9H,2-3,6-8H2,1H3. The van der Waals surface area contributed by atoms with E-state index in [4.69, 9.17) is 0 Å². The number of halogens is 1. The van der Waals surface area contributed by atoms with Gasteiger partial charge in [-0.05, 0) is 46.8 Å². The van der Waals surface area contributed by atoms with Gasteiger partial charge in [0.05, 0.1) is 3.79 Å². The van der Waals surface area contributed by atoms with Gasteiger partial charge in [-0.25, -0.2) is 8.42 Å². The summed E-state index contributed by atoms with van der Waals surface area (Å²) in [6, 6.07) is 3.47. The Morgan fingerprint density at radius 1 is 1.53 bits per heavy atom. The SMILES string of the molecule is CCCC1CCN(S(=O)(=O)c2ccc(Br)s2)C1. The number of nitrogens with zero attached hydrogens (tertiary/aromatic N) is 1. The van der Waals surface area contributed by atoms with Crippen LogP contribution in [0.4, 0.5) is 0 Å². The summed E-state index contributed by atoms with van der Waals surface area (Å²) in [5.41, 5.74) is 0. The monoisotopic (exact) mass is 337 g/mol. The molecule has 1 aliphatic rings. The highest BCUT2D eigenvalue weighted by molar-refractivity contribution is 9.11. The van der Waals surface area contributed by atoms with E-state index in [2.05, 4.69) is 22.9 Å². The second kappa shape index (κ2) is 5.38. The second-order valence-electron chi connectivity index (χ2n) is 4.36. The average Bonchev–Trinajstić information content (AvgIpc) is 2.88. The highest BCUT2D eigenvalue weighted by Gasteiger charge is 2.32. The fraction of sp³-hybridized carbons (Fsp3) is 0.636. The first-order valence-corrected chi connectivity index (χ1v) is 8.84. The summed E-state index contributed by atoms with van der Waals surface area (Å²) < 4.78 is 27.6. The van der Waals surface area contributed by atoms with Crippen LogP contribution >= 0.6 is 27.3 Å². The molecule has 0 aliphatic carbocycles. The molecule has 0 amide bonds. The van der Waals surface area contributed by atoms with Crippen molar-refractivity contribution in [2.45, 2.75) is 30.4 Å². The van der Waals surface area contributed by atoms with Crippen molar-refractivity contribution in [2.75, 3.05) is 13.1 Å². The van der Waals surface area contributed by atoms with E-state index in [-0.39, 0.29) is 0 Å². The number of hydrogen-bond donors (Lipinski definition) is 0. The Kier molecular flexibility index (Phi) is 4.28. The predicted molar refractivity (Wildman–Crippen MR) is 73.8 cm³/mol. The molecule has 0 N–H and O–H groups in total. The number of rotatable bonds is 4. The van der Waals surface area contributed by atoms with Crippen LogP contribution in [0, 0.1) is 5.92 Å². The summed E-state index contributed by atoms with van der Waals surface area (Å²) in [4.78, 5) is 0. The Labute approximate surface area is 115 Å². The van der Waals surface area contributed by atoms with Crippen molar-refractivity contribution < 1.29 is 8.42 Å². The maximum atomic E-state index is 12.3. The van der Waals surface area contributed by atoms with Gasteiger partial charge < -0.3 is 0 Å². The first-order chi connectivity index (χ1) is 8.04. The molecule has 0 radical (unpaired) electrons. The van der Waals surface area contributed by atoms with Crippen molar-refractivity contribution in [1.82, 2.24) is 4.31 Å². The number of sulfonamides is 1. The molecule has 1 fully saturated rings. The lowest BCUT2D eigenvalue weighted by molar-refractivity contribution is 0.446. The minimum absolute atomic E-state index is 0.446. The van der Waals surface area contributed by atoms with Gasteiger partial charge in [0.25, 0.3) is 10.0 Å². The van der Waals surface area contributed by atoms with Crippen molar-refractivity contribution in [1.29, 1.82) is 0 Å². The largest absolute Gasteiger partial charge is 0.252 e. The van der Waals surface area contributed by atoms with Crippen LogP contribution in [0.5, 0.6) is 0 Å². The van der Waals surface area contributed by atoms with Crippen molar-refractivity contribution in [3.8, 4) is 0 Å². The van der Waals surface area contributed by atoms with Gasteiger partial charge in [0.1, 0.15) is 4.21 Å². The zero-order valence-electron chi connectivity index (χ0n) is 9.73. The molecule has 3 nitrogen and oxygen atoms in total. The van der Waals surface area contributed by atoms with E-state index in [1.54, 1.807) is 16.4 Å². The molecule has 0 bridgehead atoms. The summed E-state index contributed by atoms with van der Waals surface area (Å²) in [6.07, 6.45) is 3.25. The molecule has 1 atom stereocenters. The van der Waals surface area contributed by atoms with E-state index >= 15 is 0 Å². The molecule has 2 heterocycles. The maximum absolute atomic E-state index is 12.3. The average molecular weight is 338 g/mol. The first-order valence-electron chi connectivity index (χ1n) is 5.79. The van der Waals surface area contributed by atoms with E-state index in [9.17, 15) is 8.42 Å². The molecule has 96 valence electrons. The van der Waals surface area contributed by atoms with Gasteiger partial charge in [-0.3, -0.25) is 0 Å². The van der Waals surface area contributed by atoms with Crippen LogP contribution < -0.4 is 0 Å². The lowest BCUT2D eigenvalue weighted by Gasteiger charge is -2.15. The van der Waals surface area contributed by atoms with Crippen LogP contribution in [0.15, 0.2) is 20.1 Å². The zero-order valence-corrected chi connectivity index (χ0v) is 12.9. The highest BCUT2D eigenvalue weighted by atomic mass is 79.9. The van der Waals surface area contributed by atoms with E-state index in [1.807, 2.05) is 0 Å². The summed E-state index contributed by atoms with van der Waals surface area (Å²) in [5.74, 6) is 0.540. The Bertz CT molecular complexity index is 483. The molecular formula is C11H16BrNO2S2. The molecule has 2 rings (SSSR count). The summed E-state index contributed by atoms with van der Waals surface area (Å²) in [5, 5.41) is 0. The molecule has 1 aromatic heterocycles. The minimum Gasteiger partial charge on any atom is -0.206 e. The Morgan fingerprint density at radius 2 is 2.29 bits per heavy atom. The zero-order chi connectivity index (χ0) is 12.5. The fourth-order valence-corrected chi connectivity index (χ4v) is 5.92. The van der Waals surface area contributed by atoms with Gasteiger partial charge in [-0.15, -0.1) is 11.3 Å². The van der Waals surface area contributed by atoms with Gasteiger partial charge in [0, 0.05) is 13.1 Å². The normalized spacial score (nSPS) is 22.1. The van der Waals surface area contributed by atoms with Crippen molar-refractivity contribution in [2.24, 2.45) is 5.92 Å². The summed E-state index contributed by atoms with van der Waals surface area (Å²) in [6.45, 7) is 3.50. The van der Waals surface area contributed by atoms with Crippen LogP contribution in [0.25, 0.3) is 0 Å². The molecule has 0 saturated carbocycles. The van der Waals surface area contributed by atoms with Crippen LogP contribution in [0.3, 0.4) is 0 Å². The van der Waals surface area contributed by atoms with Crippen LogP contribution in [-0.2, 0) is 10.0 Å². The Balaban J connectivity index is 2.13. The van der Waals surface area contributed by atoms with E-state index in [0.717, 1.165) is 23.0 Å². The number of hydrogen-bond acceptors (Lipinski definition) is 3. The van der Waals surface area contributed by atoms with Gasteiger partial charge in [-0.2, -0.15) is 4.31 Å². The van der Waals surface area contributed by atoms with Crippen molar-refractivity contribution in [3.05, 3.63) is 15.9 Å². The third-order valence-electron chi connectivity index (χ3n) is 3.09.